The molecule has 2 aromatic heterocycles. The average Bonchev–Trinajstić information content (AvgIpc) is 2.88. The number of nitro groups is 1. The van der Waals surface area contributed by atoms with Gasteiger partial charge in [0.25, 0.3) is 0 Å². The van der Waals surface area contributed by atoms with Gasteiger partial charge in [0, 0.05) is 10.2 Å². The Hall–Kier alpha value is -2.88. The first kappa shape index (κ1) is 17.0. The summed E-state index contributed by atoms with van der Waals surface area (Å²) in [5.41, 5.74) is 1.04. The molecule has 0 aliphatic rings. The van der Waals surface area contributed by atoms with Crippen molar-refractivity contribution in [3.63, 3.8) is 0 Å². The second-order valence-electron chi connectivity index (χ2n) is 5.24. The van der Waals surface area contributed by atoms with E-state index >= 15 is 0 Å². The van der Waals surface area contributed by atoms with E-state index in [1.54, 1.807) is 26.0 Å². The Kier molecular flexibility index (Phi) is 4.45. The predicted molar refractivity (Wildman–Crippen MR) is 92.7 cm³/mol. The molecule has 0 amide bonds. The number of nitrogens with zero attached hydrogens (tertiary/aromatic N) is 5. The molecule has 0 unspecified atom stereocenters. The van der Waals surface area contributed by atoms with Crippen molar-refractivity contribution in [1.82, 2.24) is 19.7 Å². The van der Waals surface area contributed by atoms with Gasteiger partial charge < -0.3 is 5.32 Å². The van der Waals surface area contributed by atoms with E-state index in [0.29, 0.717) is 15.9 Å². The van der Waals surface area contributed by atoms with Crippen molar-refractivity contribution in [2.75, 3.05) is 5.32 Å². The topological polar surface area (TPSA) is 98.8 Å². The summed E-state index contributed by atoms with van der Waals surface area (Å²) in [6, 6.07) is 6.08. The van der Waals surface area contributed by atoms with Crippen LogP contribution in [-0.4, -0.2) is 24.7 Å². The monoisotopic (exact) mass is 406 g/mol. The van der Waals surface area contributed by atoms with E-state index in [9.17, 15) is 14.5 Å². The molecule has 1 aromatic carbocycles. The van der Waals surface area contributed by atoms with Crippen LogP contribution in [0.25, 0.3) is 5.82 Å². The number of nitrogens with one attached hydrogen (secondary N) is 1. The minimum atomic E-state index is -0.620. The standard InChI is InChI=1S/C15H12BrFN6O2/c1-8-5-9(2)22(21-8)15-13(23(24)25)14(18-7-19-15)20-12-4-3-10(16)6-11(12)17/h3-7H,1-2H3,(H,18,19,20). The van der Waals surface area contributed by atoms with Gasteiger partial charge in [-0.25, -0.2) is 19.0 Å². The fourth-order valence-corrected chi connectivity index (χ4v) is 2.68. The third-order valence-electron chi connectivity index (χ3n) is 3.38. The van der Waals surface area contributed by atoms with Gasteiger partial charge in [-0.3, -0.25) is 10.1 Å². The highest BCUT2D eigenvalue weighted by Gasteiger charge is 2.26. The molecule has 0 spiro atoms. The van der Waals surface area contributed by atoms with Crippen LogP contribution in [0.4, 0.5) is 21.6 Å². The normalized spacial score (nSPS) is 10.7. The predicted octanol–water partition coefficient (Wildman–Crippen LogP) is 3.83. The molecule has 0 aliphatic carbocycles. The minimum absolute atomic E-state index is 0.00520. The number of halogens is 2. The number of aryl methyl sites for hydroxylation is 2. The fourth-order valence-electron chi connectivity index (χ4n) is 2.35. The van der Waals surface area contributed by atoms with Crippen molar-refractivity contribution in [3.05, 3.63) is 62.4 Å². The van der Waals surface area contributed by atoms with Gasteiger partial charge in [0.05, 0.1) is 16.3 Å². The quantitative estimate of drug-likeness (QED) is 0.521. The molecule has 1 N–H and O–H groups in total. The Labute approximate surface area is 150 Å². The second kappa shape index (κ2) is 6.55. The molecule has 0 saturated carbocycles. The number of rotatable bonds is 4. The molecule has 0 fully saturated rings. The number of hydrogen-bond acceptors (Lipinski definition) is 6. The van der Waals surface area contributed by atoms with Crippen molar-refractivity contribution in [1.29, 1.82) is 0 Å². The van der Waals surface area contributed by atoms with Crippen LogP contribution in [0.2, 0.25) is 0 Å². The maximum Gasteiger partial charge on any atom is 0.355 e. The third-order valence-corrected chi connectivity index (χ3v) is 3.87. The molecule has 8 nitrogen and oxygen atoms in total. The van der Waals surface area contributed by atoms with Crippen molar-refractivity contribution in [3.8, 4) is 5.82 Å². The van der Waals surface area contributed by atoms with Gasteiger partial charge in [-0.2, -0.15) is 5.10 Å². The van der Waals surface area contributed by atoms with Crippen molar-refractivity contribution in [2.24, 2.45) is 0 Å². The first-order chi connectivity index (χ1) is 11.9. The first-order valence-electron chi connectivity index (χ1n) is 7.12. The summed E-state index contributed by atoms with van der Waals surface area (Å²) in [5, 5.41) is 18.5. The molecule has 128 valence electrons. The number of anilines is 2. The van der Waals surface area contributed by atoms with Gasteiger partial charge in [-0.15, -0.1) is 0 Å². The van der Waals surface area contributed by atoms with Crippen LogP contribution >= 0.6 is 15.9 Å². The fraction of sp³-hybridized carbons (Fsp3) is 0.133. The second-order valence-corrected chi connectivity index (χ2v) is 6.16. The van der Waals surface area contributed by atoms with Gasteiger partial charge in [0.1, 0.15) is 12.1 Å². The van der Waals surface area contributed by atoms with Crippen LogP contribution in [0.15, 0.2) is 35.1 Å². The molecule has 0 saturated heterocycles. The lowest BCUT2D eigenvalue weighted by Crippen LogP contribution is -2.10. The van der Waals surface area contributed by atoms with Gasteiger partial charge >= 0.3 is 5.69 Å². The van der Waals surface area contributed by atoms with Gasteiger partial charge in [0.2, 0.25) is 11.6 Å². The van der Waals surface area contributed by atoms with Crippen molar-refractivity contribution >= 4 is 33.1 Å². The molecule has 0 aliphatic heterocycles. The molecule has 3 aromatic rings. The molecule has 25 heavy (non-hydrogen) atoms. The van der Waals surface area contributed by atoms with Gasteiger partial charge in [-0.05, 0) is 38.1 Å². The lowest BCUT2D eigenvalue weighted by atomic mass is 10.3. The highest BCUT2D eigenvalue weighted by molar-refractivity contribution is 9.10. The Bertz CT molecular complexity index is 975. The molecule has 0 atom stereocenters. The molecule has 3 rings (SSSR count). The maximum atomic E-state index is 14.0. The molecular formula is C15H12BrFN6O2. The lowest BCUT2D eigenvalue weighted by Gasteiger charge is -2.10. The van der Waals surface area contributed by atoms with Crippen LogP contribution in [0.3, 0.4) is 0 Å². The van der Waals surface area contributed by atoms with Crippen LogP contribution in [0.5, 0.6) is 0 Å². The number of aromatic nitrogens is 4. The summed E-state index contributed by atoms with van der Waals surface area (Å²) >= 11 is 3.16. The summed E-state index contributed by atoms with van der Waals surface area (Å²) in [6.45, 7) is 3.53. The molecule has 0 bridgehead atoms. The van der Waals surface area contributed by atoms with Crippen LogP contribution < -0.4 is 5.32 Å². The zero-order valence-electron chi connectivity index (χ0n) is 13.2. The van der Waals surface area contributed by atoms with E-state index < -0.39 is 16.4 Å². The minimum Gasteiger partial charge on any atom is -0.332 e. The van der Waals surface area contributed by atoms with Crippen molar-refractivity contribution in [2.45, 2.75) is 13.8 Å². The van der Waals surface area contributed by atoms with Gasteiger partial charge in [-0.1, -0.05) is 15.9 Å². The molecule has 2 heterocycles. The van der Waals surface area contributed by atoms with Crippen LogP contribution in [-0.2, 0) is 0 Å². The van der Waals surface area contributed by atoms with Crippen molar-refractivity contribution < 1.29 is 9.31 Å². The number of benzene rings is 1. The summed E-state index contributed by atoms with van der Waals surface area (Å²) < 4.78 is 15.9. The van der Waals surface area contributed by atoms with Gasteiger partial charge in [0.15, 0.2) is 0 Å². The van der Waals surface area contributed by atoms with E-state index in [1.165, 1.54) is 16.8 Å². The van der Waals surface area contributed by atoms with E-state index in [4.69, 9.17) is 0 Å². The lowest BCUT2D eigenvalue weighted by molar-refractivity contribution is -0.384. The van der Waals surface area contributed by atoms with Crippen LogP contribution in [0.1, 0.15) is 11.4 Å². The van der Waals surface area contributed by atoms with E-state index in [2.05, 4.69) is 36.3 Å². The SMILES string of the molecule is Cc1cc(C)n(-c2ncnc(Nc3ccc(Br)cc3F)c2[N+](=O)[O-])n1. The highest BCUT2D eigenvalue weighted by Crippen LogP contribution is 2.31. The smallest absolute Gasteiger partial charge is 0.332 e. The Balaban J connectivity index is 2.13. The average molecular weight is 407 g/mol. The third kappa shape index (κ3) is 3.33. The molecule has 0 radical (unpaired) electrons. The first-order valence-corrected chi connectivity index (χ1v) is 7.91. The maximum absolute atomic E-state index is 14.0. The summed E-state index contributed by atoms with van der Waals surface area (Å²) in [6.07, 6.45) is 1.16. The Morgan fingerprint density at radius 2 is 2.04 bits per heavy atom. The van der Waals surface area contributed by atoms with E-state index in [1.807, 2.05) is 0 Å². The Morgan fingerprint density at radius 1 is 1.28 bits per heavy atom. The summed E-state index contributed by atoms with van der Waals surface area (Å²) in [5.74, 6) is -0.690. The van der Waals surface area contributed by atoms with Crippen LogP contribution in [0, 0.1) is 29.8 Å². The summed E-state index contributed by atoms with van der Waals surface area (Å²) in [4.78, 5) is 18.9. The molecular weight excluding hydrogens is 395 g/mol. The largest absolute Gasteiger partial charge is 0.355 e. The molecule has 10 heteroatoms. The zero-order chi connectivity index (χ0) is 18.1. The van der Waals surface area contributed by atoms with E-state index in [-0.39, 0.29) is 17.3 Å². The zero-order valence-corrected chi connectivity index (χ0v) is 14.8. The highest BCUT2D eigenvalue weighted by atomic mass is 79.9. The Morgan fingerprint density at radius 3 is 2.64 bits per heavy atom. The number of hydrogen-bond donors (Lipinski definition) is 1. The van der Waals surface area contributed by atoms with E-state index in [0.717, 1.165) is 6.33 Å². The summed E-state index contributed by atoms with van der Waals surface area (Å²) in [7, 11) is 0.